The van der Waals surface area contributed by atoms with E-state index >= 15 is 0 Å². The highest BCUT2D eigenvalue weighted by Gasteiger charge is 2.31. The molecule has 0 bridgehead atoms. The molecular formula is C26H35N5O4. The highest BCUT2D eigenvalue weighted by Crippen LogP contribution is 2.24. The second-order valence-electron chi connectivity index (χ2n) is 10.3. The summed E-state index contributed by atoms with van der Waals surface area (Å²) in [6, 6.07) is 7.74. The summed E-state index contributed by atoms with van der Waals surface area (Å²) in [5.74, 6) is -0.527. The van der Waals surface area contributed by atoms with Crippen LogP contribution in [-0.4, -0.2) is 47.9 Å². The number of hydrogen-bond donors (Lipinski definition) is 4. The fourth-order valence-electron chi connectivity index (χ4n) is 4.17. The summed E-state index contributed by atoms with van der Waals surface area (Å²) in [5.41, 5.74) is 0.841. The van der Waals surface area contributed by atoms with Gasteiger partial charge in [-0.05, 0) is 49.3 Å². The number of rotatable bonds is 10. The monoisotopic (exact) mass is 481 g/mol. The molecule has 0 unspecified atom stereocenters. The van der Waals surface area contributed by atoms with Crippen molar-refractivity contribution in [1.29, 1.82) is 5.26 Å². The molecule has 3 rings (SSSR count). The van der Waals surface area contributed by atoms with Crippen LogP contribution in [-0.2, 0) is 9.59 Å². The number of fused-ring (bicyclic) bond motifs is 1. The Morgan fingerprint density at radius 2 is 2.03 bits per heavy atom. The summed E-state index contributed by atoms with van der Waals surface area (Å²) in [7, 11) is 0. The lowest BCUT2D eigenvalue weighted by atomic mass is 9.87. The minimum absolute atomic E-state index is 0.0962. The number of hydrogen-bond acceptors (Lipinski definition) is 5. The molecule has 3 atom stereocenters. The maximum atomic E-state index is 13.1. The molecule has 188 valence electrons. The molecule has 1 aliphatic rings. The van der Waals surface area contributed by atoms with Crippen LogP contribution in [0.15, 0.2) is 24.3 Å². The van der Waals surface area contributed by atoms with Gasteiger partial charge < -0.3 is 25.7 Å². The van der Waals surface area contributed by atoms with Crippen molar-refractivity contribution < 1.29 is 19.1 Å². The van der Waals surface area contributed by atoms with E-state index in [1.807, 2.05) is 45.9 Å². The quantitative estimate of drug-likeness (QED) is 0.414. The number of nitrogens with zero attached hydrogens (tertiary/aromatic N) is 1. The zero-order chi connectivity index (χ0) is 25.6. The molecule has 4 N–H and O–H groups in total. The average molecular weight is 482 g/mol. The molecule has 2 aromatic rings. The van der Waals surface area contributed by atoms with Gasteiger partial charge in [0.1, 0.15) is 23.5 Å². The van der Waals surface area contributed by atoms with Crippen molar-refractivity contribution in [2.75, 3.05) is 13.2 Å². The summed E-state index contributed by atoms with van der Waals surface area (Å²) >= 11 is 0. The SMILES string of the molecule is CCCOc1ccc2cc(C(=O)N[C@@H](CC(C)(C)C)C(=O)N[C@H](C#N)C[C@@H]3CCNC3=O)[nH]c2c1. The van der Waals surface area contributed by atoms with Crippen LogP contribution < -0.4 is 20.7 Å². The summed E-state index contributed by atoms with van der Waals surface area (Å²) in [5, 5.41) is 18.7. The average Bonchev–Trinajstić information content (AvgIpc) is 3.41. The lowest BCUT2D eigenvalue weighted by Crippen LogP contribution is -2.51. The maximum Gasteiger partial charge on any atom is 0.268 e. The molecule has 1 aromatic heterocycles. The first-order chi connectivity index (χ1) is 16.6. The Labute approximate surface area is 206 Å². The van der Waals surface area contributed by atoms with Crippen molar-refractivity contribution in [3.8, 4) is 11.8 Å². The number of amides is 3. The van der Waals surface area contributed by atoms with Gasteiger partial charge in [-0.1, -0.05) is 27.7 Å². The Bertz CT molecular complexity index is 1110. The van der Waals surface area contributed by atoms with E-state index in [2.05, 4.69) is 27.0 Å². The minimum Gasteiger partial charge on any atom is -0.494 e. The largest absolute Gasteiger partial charge is 0.494 e. The van der Waals surface area contributed by atoms with E-state index in [1.165, 1.54) is 0 Å². The highest BCUT2D eigenvalue weighted by molar-refractivity contribution is 6.00. The number of aromatic amines is 1. The Balaban J connectivity index is 1.72. The standard InChI is InChI=1S/C26H35N5O4/c1-5-10-35-19-7-6-16-12-21(30-20(16)13-19)24(33)31-22(14-26(2,3)4)25(34)29-18(15-27)11-17-8-9-28-23(17)32/h6-7,12-13,17-18,22,30H,5,8-11,14H2,1-4H3,(H,28,32)(H,29,34)(H,31,33)/t17-,18-,22-/m0/s1. The molecule has 2 heterocycles. The molecule has 1 aromatic carbocycles. The Hall–Kier alpha value is -3.54. The highest BCUT2D eigenvalue weighted by atomic mass is 16.5. The topological polar surface area (TPSA) is 136 Å². The second-order valence-corrected chi connectivity index (χ2v) is 10.3. The van der Waals surface area contributed by atoms with Crippen LogP contribution in [0.2, 0.25) is 0 Å². The minimum atomic E-state index is -0.842. The lowest BCUT2D eigenvalue weighted by Gasteiger charge is -2.27. The Kier molecular flexibility index (Phi) is 8.39. The molecule has 1 saturated heterocycles. The van der Waals surface area contributed by atoms with E-state index in [9.17, 15) is 19.6 Å². The van der Waals surface area contributed by atoms with Crippen LogP contribution in [0.5, 0.6) is 5.75 Å². The van der Waals surface area contributed by atoms with Crippen molar-refractivity contribution in [2.24, 2.45) is 11.3 Å². The predicted octanol–water partition coefficient (Wildman–Crippen LogP) is 3.03. The third-order valence-electron chi connectivity index (χ3n) is 5.91. The van der Waals surface area contributed by atoms with E-state index in [-0.39, 0.29) is 23.7 Å². The van der Waals surface area contributed by atoms with Gasteiger partial charge in [0.15, 0.2) is 0 Å². The van der Waals surface area contributed by atoms with E-state index in [0.29, 0.717) is 31.7 Å². The van der Waals surface area contributed by atoms with Crippen LogP contribution >= 0.6 is 0 Å². The first kappa shape index (κ1) is 26.1. The van der Waals surface area contributed by atoms with Crippen molar-refractivity contribution in [1.82, 2.24) is 20.9 Å². The summed E-state index contributed by atoms with van der Waals surface area (Å²) in [6.45, 7) is 9.15. The molecule has 9 nitrogen and oxygen atoms in total. The summed E-state index contributed by atoms with van der Waals surface area (Å²) < 4.78 is 5.66. The molecule has 1 fully saturated rings. The molecule has 0 radical (unpaired) electrons. The van der Waals surface area contributed by atoms with Gasteiger partial charge >= 0.3 is 0 Å². The first-order valence-electron chi connectivity index (χ1n) is 12.1. The first-order valence-corrected chi connectivity index (χ1v) is 12.1. The molecule has 1 aliphatic heterocycles. The van der Waals surface area contributed by atoms with Gasteiger partial charge in [-0.15, -0.1) is 0 Å². The zero-order valence-electron chi connectivity index (χ0n) is 20.9. The molecule has 3 amide bonds. The molecule has 0 aliphatic carbocycles. The van der Waals surface area contributed by atoms with Crippen molar-refractivity contribution in [3.05, 3.63) is 30.0 Å². The maximum absolute atomic E-state index is 13.1. The van der Waals surface area contributed by atoms with Gasteiger partial charge in [-0.2, -0.15) is 5.26 Å². The number of aromatic nitrogens is 1. The van der Waals surface area contributed by atoms with Crippen LogP contribution in [0.3, 0.4) is 0 Å². The summed E-state index contributed by atoms with van der Waals surface area (Å²) in [4.78, 5) is 41.2. The van der Waals surface area contributed by atoms with Crippen LogP contribution in [0, 0.1) is 22.7 Å². The van der Waals surface area contributed by atoms with E-state index in [0.717, 1.165) is 23.1 Å². The number of ether oxygens (including phenoxy) is 1. The molecular weight excluding hydrogens is 446 g/mol. The third kappa shape index (κ3) is 7.22. The molecule has 35 heavy (non-hydrogen) atoms. The van der Waals surface area contributed by atoms with Crippen LogP contribution in [0.25, 0.3) is 10.9 Å². The number of carbonyl (C=O) groups is 3. The summed E-state index contributed by atoms with van der Waals surface area (Å²) in [6.07, 6.45) is 2.16. The molecule has 0 saturated carbocycles. The number of carbonyl (C=O) groups excluding carboxylic acids is 3. The molecule has 9 heteroatoms. The van der Waals surface area contributed by atoms with Gasteiger partial charge in [0, 0.05) is 29.4 Å². The van der Waals surface area contributed by atoms with Crippen LogP contribution in [0.4, 0.5) is 0 Å². The number of H-pyrrole nitrogens is 1. The van der Waals surface area contributed by atoms with E-state index in [1.54, 1.807) is 6.07 Å². The van der Waals surface area contributed by atoms with Crippen molar-refractivity contribution in [2.45, 2.75) is 65.5 Å². The van der Waals surface area contributed by atoms with E-state index < -0.39 is 23.9 Å². The Morgan fingerprint density at radius 3 is 2.66 bits per heavy atom. The third-order valence-corrected chi connectivity index (χ3v) is 5.91. The lowest BCUT2D eigenvalue weighted by molar-refractivity contribution is -0.125. The molecule has 0 spiro atoms. The van der Waals surface area contributed by atoms with Gasteiger partial charge in [-0.25, -0.2) is 0 Å². The fourth-order valence-corrected chi connectivity index (χ4v) is 4.17. The fraction of sp³-hybridized carbons (Fsp3) is 0.538. The van der Waals surface area contributed by atoms with Gasteiger partial charge in [-0.3, -0.25) is 14.4 Å². The normalized spacial score (nSPS) is 17.3. The Morgan fingerprint density at radius 1 is 1.26 bits per heavy atom. The zero-order valence-corrected chi connectivity index (χ0v) is 20.9. The van der Waals surface area contributed by atoms with E-state index in [4.69, 9.17) is 4.74 Å². The van der Waals surface area contributed by atoms with Gasteiger partial charge in [0.25, 0.3) is 5.91 Å². The number of nitriles is 1. The smallest absolute Gasteiger partial charge is 0.268 e. The second kappa shape index (κ2) is 11.3. The van der Waals surface area contributed by atoms with Crippen LogP contribution in [0.1, 0.15) is 63.9 Å². The van der Waals surface area contributed by atoms with Gasteiger partial charge in [0.2, 0.25) is 11.8 Å². The number of benzene rings is 1. The van der Waals surface area contributed by atoms with Crippen molar-refractivity contribution in [3.63, 3.8) is 0 Å². The van der Waals surface area contributed by atoms with Gasteiger partial charge in [0.05, 0.1) is 12.7 Å². The number of nitrogens with one attached hydrogen (secondary N) is 4. The van der Waals surface area contributed by atoms with Crippen molar-refractivity contribution >= 4 is 28.6 Å². The predicted molar refractivity (Wildman–Crippen MR) is 133 cm³/mol.